The largest absolute Gasteiger partial charge is 0.482 e. The molecule has 2 N–H and O–H groups in total. The van der Waals surface area contributed by atoms with Gasteiger partial charge in [0.25, 0.3) is 11.8 Å². The van der Waals surface area contributed by atoms with Gasteiger partial charge in [0.2, 0.25) is 0 Å². The third kappa shape index (κ3) is 7.33. The van der Waals surface area contributed by atoms with Crippen molar-refractivity contribution in [3.8, 4) is 16.9 Å². The highest BCUT2D eigenvalue weighted by Gasteiger charge is 2.37. The van der Waals surface area contributed by atoms with Crippen molar-refractivity contribution in [2.24, 2.45) is 11.7 Å². The molecular formula is C36H41ClFN7O6. The number of nitrogens with two attached hydrogens (primary N) is 1. The molecule has 0 saturated carbocycles. The van der Waals surface area contributed by atoms with E-state index in [-0.39, 0.29) is 53.8 Å². The van der Waals surface area contributed by atoms with Crippen molar-refractivity contribution in [2.45, 2.75) is 71.8 Å². The number of carbonyl (C=O) groups is 3. The summed E-state index contributed by atoms with van der Waals surface area (Å²) in [5.74, 6) is -1.17. The zero-order valence-electron chi connectivity index (χ0n) is 29.4. The molecule has 2 aliphatic rings. The van der Waals surface area contributed by atoms with Gasteiger partial charge < -0.3 is 24.8 Å². The molecule has 1 saturated heterocycles. The predicted molar refractivity (Wildman–Crippen MR) is 188 cm³/mol. The Morgan fingerprint density at radius 1 is 1.18 bits per heavy atom. The van der Waals surface area contributed by atoms with Crippen molar-refractivity contribution in [1.82, 2.24) is 24.6 Å². The lowest BCUT2D eigenvalue weighted by atomic mass is 9.92. The van der Waals surface area contributed by atoms with Gasteiger partial charge in [0.15, 0.2) is 12.3 Å². The lowest BCUT2D eigenvalue weighted by Crippen LogP contribution is -2.49. The summed E-state index contributed by atoms with van der Waals surface area (Å²) in [5, 5.41) is 5.50. The lowest BCUT2D eigenvalue weighted by molar-refractivity contribution is -0.121. The Bertz CT molecular complexity index is 2010. The number of benzene rings is 1. The summed E-state index contributed by atoms with van der Waals surface area (Å²) in [6, 6.07) is 6.04. The molecule has 4 aromatic rings. The second-order valence-corrected chi connectivity index (χ2v) is 14.6. The Hall–Kier alpha value is -4.82. The molecule has 3 amide bonds. The monoisotopic (exact) mass is 721 g/mol. The topological polar surface area (TPSA) is 155 Å². The molecule has 0 radical (unpaired) electrons. The third-order valence-electron chi connectivity index (χ3n) is 8.84. The van der Waals surface area contributed by atoms with Crippen LogP contribution in [0.25, 0.3) is 22.2 Å². The maximum Gasteiger partial charge on any atom is 0.410 e. The predicted octanol–water partition coefficient (Wildman–Crippen LogP) is 5.71. The number of anilines is 1. The normalized spacial score (nSPS) is 17.9. The highest BCUT2D eigenvalue weighted by Crippen LogP contribution is 2.41. The fourth-order valence-corrected chi connectivity index (χ4v) is 6.74. The molecule has 13 nitrogen and oxygen atoms in total. The molecule has 1 aromatic carbocycles. The summed E-state index contributed by atoms with van der Waals surface area (Å²) in [6.07, 6.45) is 3.11. The number of methoxy groups -OCH3 is 1. The van der Waals surface area contributed by atoms with Gasteiger partial charge >= 0.3 is 6.09 Å². The molecule has 0 aliphatic carbocycles. The maximum atomic E-state index is 14.7. The van der Waals surface area contributed by atoms with E-state index in [0.29, 0.717) is 58.7 Å². The van der Waals surface area contributed by atoms with E-state index in [4.69, 9.17) is 41.6 Å². The van der Waals surface area contributed by atoms with Gasteiger partial charge in [0.1, 0.15) is 17.2 Å². The first-order chi connectivity index (χ1) is 24.1. The molecule has 1 fully saturated rings. The molecular weight excluding hydrogens is 681 g/mol. The standard InChI is InChI=1S/C36H41ClFN7O6/c1-19(2)11-24-32(33(39)47)31(20-7-8-26-28(12-20)50-18-30(46)44(26)16-25-23(38)13-21(37)14-40-25)22-15-41-45(34(22)42-24)27-9-10-43(17-29(27)49-6)35(48)51-36(3,4)5/h7-8,12-15,19,27,29H,9-11,16-18H2,1-6H3,(H2,39,47). The van der Waals surface area contributed by atoms with Crippen molar-refractivity contribution >= 4 is 46.2 Å². The minimum Gasteiger partial charge on any atom is -0.482 e. The maximum absolute atomic E-state index is 14.7. The Labute approximate surface area is 299 Å². The zero-order valence-corrected chi connectivity index (χ0v) is 30.2. The highest BCUT2D eigenvalue weighted by molar-refractivity contribution is 6.30. The SMILES string of the molecule is COC1CN(C(=O)OC(C)(C)C)CCC1n1ncc2c(-c3ccc4c(c3)OCC(=O)N4Cc3ncc(Cl)cc3F)c(C(N)=O)c(CC(C)C)nc21. The van der Waals surface area contributed by atoms with Crippen molar-refractivity contribution in [3.05, 3.63) is 64.5 Å². The fourth-order valence-electron chi connectivity index (χ4n) is 6.60. The Kier molecular flexibility index (Phi) is 9.93. The van der Waals surface area contributed by atoms with Gasteiger partial charge in [-0.15, -0.1) is 0 Å². The number of primary amides is 1. The minimum absolute atomic E-state index is 0.0496. The second-order valence-electron chi connectivity index (χ2n) is 14.2. The molecule has 5 heterocycles. The Morgan fingerprint density at radius 2 is 1.94 bits per heavy atom. The van der Waals surface area contributed by atoms with E-state index in [1.54, 1.807) is 41.1 Å². The molecule has 15 heteroatoms. The number of hydrogen-bond donors (Lipinski definition) is 1. The van der Waals surface area contributed by atoms with Crippen molar-refractivity contribution in [3.63, 3.8) is 0 Å². The third-order valence-corrected chi connectivity index (χ3v) is 9.05. The molecule has 2 aliphatic heterocycles. The summed E-state index contributed by atoms with van der Waals surface area (Å²) in [4.78, 5) is 51.2. The first-order valence-electron chi connectivity index (χ1n) is 16.7. The van der Waals surface area contributed by atoms with E-state index in [1.165, 1.54) is 11.1 Å². The summed E-state index contributed by atoms with van der Waals surface area (Å²) in [7, 11) is 1.59. The summed E-state index contributed by atoms with van der Waals surface area (Å²) in [6.45, 7) is 9.81. The van der Waals surface area contributed by atoms with Crippen LogP contribution in [-0.2, 0) is 27.2 Å². The number of aromatic nitrogens is 4. The van der Waals surface area contributed by atoms with Gasteiger partial charge in [-0.2, -0.15) is 5.10 Å². The van der Waals surface area contributed by atoms with Crippen molar-refractivity contribution < 1.29 is 33.0 Å². The van der Waals surface area contributed by atoms with Crippen LogP contribution < -0.4 is 15.4 Å². The number of likely N-dealkylation sites (tertiary alicyclic amines) is 1. The molecule has 0 spiro atoms. The molecule has 2 atom stereocenters. The zero-order chi connectivity index (χ0) is 36.8. The Balaban J connectivity index is 1.43. The van der Waals surface area contributed by atoms with Gasteiger partial charge in [-0.1, -0.05) is 31.5 Å². The average molecular weight is 722 g/mol. The van der Waals surface area contributed by atoms with Crippen LogP contribution in [0, 0.1) is 11.7 Å². The summed E-state index contributed by atoms with van der Waals surface area (Å²) < 4.78 is 33.9. The Morgan fingerprint density at radius 3 is 2.61 bits per heavy atom. The molecule has 3 aromatic heterocycles. The number of piperidine rings is 1. The summed E-state index contributed by atoms with van der Waals surface area (Å²) in [5.41, 5.74) is 8.32. The van der Waals surface area contributed by atoms with Crippen LogP contribution >= 0.6 is 11.6 Å². The number of amides is 3. The number of hydrogen-bond acceptors (Lipinski definition) is 9. The van der Waals surface area contributed by atoms with Gasteiger partial charge in [-0.05, 0) is 63.3 Å². The van der Waals surface area contributed by atoms with Crippen molar-refractivity contribution in [1.29, 1.82) is 0 Å². The number of rotatable bonds is 8. The van der Waals surface area contributed by atoms with E-state index >= 15 is 0 Å². The molecule has 51 heavy (non-hydrogen) atoms. The lowest BCUT2D eigenvalue weighted by Gasteiger charge is -2.38. The number of fused-ring (bicyclic) bond motifs is 2. The average Bonchev–Trinajstić information content (AvgIpc) is 3.48. The van der Waals surface area contributed by atoms with Crippen LogP contribution in [0.15, 0.2) is 36.7 Å². The van der Waals surface area contributed by atoms with Gasteiger partial charge in [0, 0.05) is 30.8 Å². The van der Waals surface area contributed by atoms with Gasteiger partial charge in [-0.3, -0.25) is 19.5 Å². The number of halogens is 2. The minimum atomic E-state index is -0.650. The summed E-state index contributed by atoms with van der Waals surface area (Å²) >= 11 is 5.89. The smallest absolute Gasteiger partial charge is 0.410 e. The number of ether oxygens (including phenoxy) is 3. The second kappa shape index (κ2) is 14.1. The first kappa shape index (κ1) is 36.0. The van der Waals surface area contributed by atoms with E-state index < -0.39 is 29.5 Å². The number of nitrogens with zero attached hydrogens (tertiary/aromatic N) is 6. The first-order valence-corrected chi connectivity index (χ1v) is 17.1. The molecule has 6 rings (SSSR count). The molecule has 2 unspecified atom stereocenters. The number of pyridine rings is 2. The van der Waals surface area contributed by atoms with E-state index in [1.807, 2.05) is 34.6 Å². The van der Waals surface area contributed by atoms with Crippen molar-refractivity contribution in [2.75, 3.05) is 31.7 Å². The quantitative estimate of drug-likeness (QED) is 0.241. The van der Waals surface area contributed by atoms with Crippen LogP contribution in [0.5, 0.6) is 5.75 Å². The van der Waals surface area contributed by atoms with Crippen LogP contribution in [0.3, 0.4) is 0 Å². The van der Waals surface area contributed by atoms with Gasteiger partial charge in [0.05, 0.1) is 59.1 Å². The fraction of sp³-hybridized carbons (Fsp3) is 0.444. The van der Waals surface area contributed by atoms with E-state index in [9.17, 15) is 18.8 Å². The van der Waals surface area contributed by atoms with E-state index in [2.05, 4.69) is 4.98 Å². The van der Waals surface area contributed by atoms with E-state index in [0.717, 1.165) is 6.07 Å². The number of carbonyl (C=O) groups excluding carboxylic acids is 3. The van der Waals surface area contributed by atoms with Crippen LogP contribution in [0.2, 0.25) is 5.02 Å². The van der Waals surface area contributed by atoms with Crippen LogP contribution in [-0.4, -0.2) is 81.1 Å². The van der Waals surface area contributed by atoms with Crippen LogP contribution in [0.4, 0.5) is 14.9 Å². The van der Waals surface area contributed by atoms with Gasteiger partial charge in [-0.25, -0.2) is 18.9 Å². The highest BCUT2D eigenvalue weighted by atomic mass is 35.5. The van der Waals surface area contributed by atoms with Crippen LogP contribution in [0.1, 0.15) is 68.8 Å². The molecule has 0 bridgehead atoms. The molecule has 270 valence electrons.